The van der Waals surface area contributed by atoms with Gasteiger partial charge in [-0.15, -0.1) is 0 Å². The van der Waals surface area contributed by atoms with Gasteiger partial charge in [0.1, 0.15) is 0 Å². The number of carbonyl (C=O) groups is 2. The highest BCUT2D eigenvalue weighted by molar-refractivity contribution is 7.99. The van der Waals surface area contributed by atoms with Gasteiger partial charge in [-0.3, -0.25) is 9.59 Å². The molecule has 122 valence electrons. The van der Waals surface area contributed by atoms with E-state index in [9.17, 15) is 9.59 Å². The standard InChI is InChI=1S/C16H11Cl2N3O2S/c17-11-6-14(19-8-12(11)18)24-9-16(23)21-15(22)7-13(20-21)10-4-2-1-3-5-10/h1-6,8H,7,9H2. The van der Waals surface area contributed by atoms with Crippen LogP contribution in [0.25, 0.3) is 0 Å². The lowest BCUT2D eigenvalue weighted by Gasteiger charge is -2.09. The molecule has 0 atom stereocenters. The van der Waals surface area contributed by atoms with Crippen molar-refractivity contribution in [3.05, 3.63) is 58.2 Å². The molecule has 1 aromatic heterocycles. The molecule has 0 aliphatic carbocycles. The van der Waals surface area contributed by atoms with Crippen LogP contribution in [0.1, 0.15) is 12.0 Å². The molecule has 5 nitrogen and oxygen atoms in total. The minimum absolute atomic E-state index is 0.0300. The second kappa shape index (κ2) is 7.34. The number of benzene rings is 1. The lowest BCUT2D eigenvalue weighted by atomic mass is 10.1. The summed E-state index contributed by atoms with van der Waals surface area (Å²) in [6.45, 7) is 0. The van der Waals surface area contributed by atoms with Crippen molar-refractivity contribution in [2.45, 2.75) is 11.4 Å². The number of hydrogen-bond donors (Lipinski definition) is 0. The number of hydrogen-bond acceptors (Lipinski definition) is 5. The third kappa shape index (κ3) is 3.77. The van der Waals surface area contributed by atoms with Gasteiger partial charge in [0, 0.05) is 6.20 Å². The summed E-state index contributed by atoms with van der Waals surface area (Å²) in [6.07, 6.45) is 1.54. The second-order valence-electron chi connectivity index (χ2n) is 4.91. The Morgan fingerprint density at radius 3 is 2.67 bits per heavy atom. The molecular weight excluding hydrogens is 369 g/mol. The smallest absolute Gasteiger partial charge is 0.260 e. The molecule has 0 bridgehead atoms. The second-order valence-corrected chi connectivity index (χ2v) is 6.72. The lowest BCUT2D eigenvalue weighted by Crippen LogP contribution is -2.29. The number of rotatable bonds is 4. The predicted octanol–water partition coefficient (Wildman–Crippen LogP) is 3.64. The van der Waals surface area contributed by atoms with Crippen LogP contribution in [0.2, 0.25) is 10.0 Å². The van der Waals surface area contributed by atoms with Crippen molar-refractivity contribution in [3.63, 3.8) is 0 Å². The molecule has 3 rings (SSSR count). The van der Waals surface area contributed by atoms with E-state index in [1.165, 1.54) is 18.0 Å². The fraction of sp³-hybridized carbons (Fsp3) is 0.125. The normalized spacial score (nSPS) is 14.0. The molecule has 8 heteroatoms. The van der Waals surface area contributed by atoms with Gasteiger partial charge in [0.25, 0.3) is 11.8 Å². The molecule has 0 radical (unpaired) electrons. The first-order chi connectivity index (χ1) is 11.5. The van der Waals surface area contributed by atoms with E-state index >= 15 is 0 Å². The molecule has 24 heavy (non-hydrogen) atoms. The van der Waals surface area contributed by atoms with Crippen molar-refractivity contribution >= 4 is 52.5 Å². The molecule has 2 heterocycles. The zero-order chi connectivity index (χ0) is 17.1. The fourth-order valence-electron chi connectivity index (χ4n) is 2.09. The molecule has 0 spiro atoms. The van der Waals surface area contributed by atoms with Gasteiger partial charge in [-0.25, -0.2) is 4.98 Å². The Morgan fingerprint density at radius 2 is 1.96 bits per heavy atom. The lowest BCUT2D eigenvalue weighted by molar-refractivity contribution is -0.141. The summed E-state index contributed by atoms with van der Waals surface area (Å²) in [6, 6.07) is 10.9. The van der Waals surface area contributed by atoms with E-state index in [2.05, 4.69) is 10.1 Å². The van der Waals surface area contributed by atoms with E-state index in [-0.39, 0.29) is 18.1 Å². The van der Waals surface area contributed by atoms with Crippen LogP contribution >= 0.6 is 35.0 Å². The summed E-state index contributed by atoms with van der Waals surface area (Å²) >= 11 is 12.9. The number of amides is 2. The zero-order valence-electron chi connectivity index (χ0n) is 12.3. The topological polar surface area (TPSA) is 62.6 Å². The summed E-state index contributed by atoms with van der Waals surface area (Å²) in [5.41, 5.74) is 1.42. The van der Waals surface area contributed by atoms with Gasteiger partial charge in [0.05, 0.1) is 33.0 Å². The molecule has 0 saturated carbocycles. The van der Waals surface area contributed by atoms with Crippen molar-refractivity contribution in [2.24, 2.45) is 5.10 Å². The molecule has 2 amide bonds. The maximum atomic E-state index is 12.2. The van der Waals surface area contributed by atoms with Crippen LogP contribution in [-0.2, 0) is 9.59 Å². The molecule has 0 fully saturated rings. The van der Waals surface area contributed by atoms with Gasteiger partial charge in [-0.05, 0) is 11.6 Å². The highest BCUT2D eigenvalue weighted by Crippen LogP contribution is 2.26. The van der Waals surface area contributed by atoms with E-state index in [1.54, 1.807) is 6.07 Å². The highest BCUT2D eigenvalue weighted by atomic mass is 35.5. The zero-order valence-corrected chi connectivity index (χ0v) is 14.6. The monoisotopic (exact) mass is 379 g/mol. The number of carbonyl (C=O) groups excluding carboxylic acids is 2. The molecule has 1 aliphatic rings. The Kier molecular flexibility index (Phi) is 5.18. The SMILES string of the molecule is O=C(CSc1cc(Cl)c(Cl)cn1)N1N=C(c2ccccc2)CC1=O. The first kappa shape index (κ1) is 17.0. The van der Waals surface area contributed by atoms with Crippen molar-refractivity contribution in [1.82, 2.24) is 9.99 Å². The quantitative estimate of drug-likeness (QED) is 0.760. The maximum absolute atomic E-state index is 12.2. The van der Waals surface area contributed by atoms with E-state index < -0.39 is 5.91 Å². The first-order valence-corrected chi connectivity index (χ1v) is 8.71. The Balaban J connectivity index is 1.67. The van der Waals surface area contributed by atoms with E-state index in [4.69, 9.17) is 23.2 Å². The summed E-state index contributed by atoms with van der Waals surface area (Å²) in [5, 5.41) is 6.34. The van der Waals surface area contributed by atoms with Crippen LogP contribution in [0.3, 0.4) is 0 Å². The van der Waals surface area contributed by atoms with Crippen LogP contribution in [0, 0.1) is 0 Å². The average molecular weight is 380 g/mol. The van der Waals surface area contributed by atoms with Gasteiger partial charge in [0.15, 0.2) is 0 Å². The van der Waals surface area contributed by atoms with Gasteiger partial charge >= 0.3 is 0 Å². The van der Waals surface area contributed by atoms with Crippen molar-refractivity contribution in [3.8, 4) is 0 Å². The van der Waals surface area contributed by atoms with Gasteiger partial charge in [-0.2, -0.15) is 10.1 Å². The molecular formula is C16H11Cl2N3O2S. The van der Waals surface area contributed by atoms with Crippen LogP contribution in [0.4, 0.5) is 0 Å². The largest absolute Gasteiger partial charge is 0.272 e. The molecule has 0 saturated heterocycles. The number of imide groups is 1. The summed E-state index contributed by atoms with van der Waals surface area (Å²) in [5.74, 6) is -0.701. The highest BCUT2D eigenvalue weighted by Gasteiger charge is 2.29. The van der Waals surface area contributed by atoms with Crippen LogP contribution < -0.4 is 0 Å². The minimum atomic E-state index is -0.399. The van der Waals surface area contributed by atoms with E-state index in [1.807, 2.05) is 30.3 Å². The molecule has 2 aromatic rings. The van der Waals surface area contributed by atoms with E-state index in [0.717, 1.165) is 10.6 Å². The van der Waals surface area contributed by atoms with Crippen LogP contribution in [0.5, 0.6) is 0 Å². The summed E-state index contributed by atoms with van der Waals surface area (Å²) < 4.78 is 0. The number of halogens is 2. The minimum Gasteiger partial charge on any atom is -0.272 e. The number of pyridine rings is 1. The fourth-order valence-corrected chi connectivity index (χ4v) is 3.13. The van der Waals surface area contributed by atoms with Crippen molar-refractivity contribution in [2.75, 3.05) is 5.75 Å². The first-order valence-electron chi connectivity index (χ1n) is 6.97. The van der Waals surface area contributed by atoms with Crippen LogP contribution in [-0.4, -0.2) is 33.3 Å². The number of aromatic nitrogens is 1. The third-order valence-electron chi connectivity index (χ3n) is 3.25. The van der Waals surface area contributed by atoms with Gasteiger partial charge in [-0.1, -0.05) is 65.3 Å². The van der Waals surface area contributed by atoms with Gasteiger partial charge in [0.2, 0.25) is 0 Å². The predicted molar refractivity (Wildman–Crippen MR) is 94.4 cm³/mol. The Hall–Kier alpha value is -1.89. The molecule has 0 N–H and O–H groups in total. The molecule has 1 aliphatic heterocycles. The Morgan fingerprint density at radius 1 is 1.21 bits per heavy atom. The summed E-state index contributed by atoms with van der Waals surface area (Å²) in [4.78, 5) is 28.4. The number of hydrazone groups is 1. The number of thioether (sulfide) groups is 1. The Labute approximate surface area is 152 Å². The number of nitrogens with zero attached hydrogens (tertiary/aromatic N) is 3. The van der Waals surface area contributed by atoms with Crippen molar-refractivity contribution < 1.29 is 9.59 Å². The molecule has 1 aromatic carbocycles. The average Bonchev–Trinajstić information content (AvgIpc) is 2.98. The third-order valence-corrected chi connectivity index (χ3v) is 4.87. The summed E-state index contributed by atoms with van der Waals surface area (Å²) in [7, 11) is 0. The Bertz CT molecular complexity index is 827. The van der Waals surface area contributed by atoms with Gasteiger partial charge < -0.3 is 0 Å². The molecule has 0 unspecified atom stereocenters. The van der Waals surface area contributed by atoms with Crippen molar-refractivity contribution in [1.29, 1.82) is 0 Å². The maximum Gasteiger partial charge on any atom is 0.260 e. The van der Waals surface area contributed by atoms with Crippen LogP contribution in [0.15, 0.2) is 52.7 Å². The van der Waals surface area contributed by atoms with E-state index in [0.29, 0.717) is 20.8 Å².